The molecule has 0 bridgehead atoms. The molecular weight excluding hydrogens is 260 g/mol. The largest absolute Gasteiger partial charge is 0.493 e. The van der Waals surface area contributed by atoms with Crippen molar-refractivity contribution in [1.29, 1.82) is 0 Å². The Hall–Kier alpha value is -1.46. The van der Waals surface area contributed by atoms with Gasteiger partial charge in [0, 0.05) is 4.90 Å². The highest BCUT2D eigenvalue weighted by molar-refractivity contribution is 7.98. The third kappa shape index (κ3) is 3.25. The van der Waals surface area contributed by atoms with Crippen molar-refractivity contribution in [3.63, 3.8) is 0 Å². The maximum Gasteiger partial charge on any atom is 0.254 e. The second-order valence-electron chi connectivity index (χ2n) is 3.27. The Kier molecular flexibility index (Phi) is 3.71. The van der Waals surface area contributed by atoms with E-state index in [0.29, 0.717) is 16.6 Å². The zero-order valence-corrected chi connectivity index (χ0v) is 10.3. The van der Waals surface area contributed by atoms with E-state index < -0.39 is 0 Å². The van der Waals surface area contributed by atoms with Crippen molar-refractivity contribution < 1.29 is 5.11 Å². The van der Waals surface area contributed by atoms with E-state index in [4.69, 9.17) is 11.6 Å². The summed E-state index contributed by atoms with van der Waals surface area (Å²) in [5, 5.41) is 9.83. The minimum atomic E-state index is -0.368. The fourth-order valence-corrected chi connectivity index (χ4v) is 2.38. The molecule has 0 saturated heterocycles. The van der Waals surface area contributed by atoms with E-state index in [0.717, 1.165) is 11.0 Å². The van der Waals surface area contributed by atoms with Gasteiger partial charge in [-0.3, -0.25) is 4.79 Å². The van der Waals surface area contributed by atoms with Crippen LogP contribution in [-0.4, -0.2) is 15.1 Å². The van der Waals surface area contributed by atoms with Gasteiger partial charge in [0.15, 0.2) is 0 Å². The van der Waals surface area contributed by atoms with E-state index in [1.807, 2.05) is 18.2 Å². The van der Waals surface area contributed by atoms with Gasteiger partial charge < -0.3 is 10.1 Å². The second-order valence-corrected chi connectivity index (χ2v) is 4.69. The average molecular weight is 269 g/mol. The summed E-state index contributed by atoms with van der Waals surface area (Å²) in [7, 11) is 0. The minimum absolute atomic E-state index is 0.275. The molecular formula is C11H9ClN2O2S. The molecule has 6 heteroatoms. The number of rotatable bonds is 3. The number of nitrogens with zero attached hydrogens (tertiary/aromatic N) is 1. The van der Waals surface area contributed by atoms with E-state index in [-0.39, 0.29) is 11.4 Å². The molecule has 0 fully saturated rings. The minimum Gasteiger partial charge on any atom is -0.493 e. The summed E-state index contributed by atoms with van der Waals surface area (Å²) in [4.78, 5) is 18.4. The Bertz CT molecular complexity index is 586. The van der Waals surface area contributed by atoms with Gasteiger partial charge in [-0.2, -0.15) is 4.98 Å². The van der Waals surface area contributed by atoms with E-state index in [1.54, 1.807) is 6.07 Å². The van der Waals surface area contributed by atoms with E-state index >= 15 is 0 Å². The molecule has 4 nitrogen and oxygen atoms in total. The van der Waals surface area contributed by atoms with Gasteiger partial charge in [0.1, 0.15) is 5.82 Å². The summed E-state index contributed by atoms with van der Waals surface area (Å²) in [6, 6.07) is 8.44. The van der Waals surface area contributed by atoms with Crippen molar-refractivity contribution >= 4 is 23.4 Å². The molecule has 2 rings (SSSR count). The van der Waals surface area contributed by atoms with Crippen molar-refractivity contribution in [3.05, 3.63) is 51.5 Å². The van der Waals surface area contributed by atoms with Gasteiger partial charge in [-0.25, -0.2) is 0 Å². The number of halogens is 1. The van der Waals surface area contributed by atoms with Crippen LogP contribution in [0.3, 0.4) is 0 Å². The van der Waals surface area contributed by atoms with Crippen LogP contribution in [-0.2, 0) is 5.75 Å². The zero-order valence-electron chi connectivity index (χ0n) is 8.68. The van der Waals surface area contributed by atoms with Crippen LogP contribution in [0.15, 0.2) is 40.0 Å². The molecule has 1 aromatic heterocycles. The lowest BCUT2D eigenvalue weighted by molar-refractivity contribution is 0.449. The topological polar surface area (TPSA) is 66.0 Å². The Morgan fingerprint density at radius 2 is 2.18 bits per heavy atom. The monoisotopic (exact) mass is 268 g/mol. The van der Waals surface area contributed by atoms with Crippen LogP contribution < -0.4 is 5.56 Å². The van der Waals surface area contributed by atoms with Crippen LogP contribution in [0, 0.1) is 0 Å². The summed E-state index contributed by atoms with van der Waals surface area (Å²) in [6.07, 6.45) is 0. The lowest BCUT2D eigenvalue weighted by Crippen LogP contribution is -2.08. The summed E-state index contributed by atoms with van der Waals surface area (Å²) in [5.41, 5.74) is -0.368. The number of aromatic amines is 1. The SMILES string of the molecule is O=c1cc(O)nc(CSc2ccccc2Cl)[nH]1. The van der Waals surface area contributed by atoms with Gasteiger partial charge in [-0.15, -0.1) is 11.8 Å². The van der Waals surface area contributed by atoms with Crippen LogP contribution in [0.4, 0.5) is 0 Å². The summed E-state index contributed by atoms with van der Waals surface area (Å²) in [6.45, 7) is 0. The molecule has 0 saturated carbocycles. The lowest BCUT2D eigenvalue weighted by Gasteiger charge is -2.03. The summed E-state index contributed by atoms with van der Waals surface area (Å²) in [5.74, 6) is 0.580. The predicted octanol–water partition coefficient (Wildman–Crippen LogP) is 2.42. The fraction of sp³-hybridized carbons (Fsp3) is 0.0909. The van der Waals surface area contributed by atoms with Crippen LogP contribution >= 0.6 is 23.4 Å². The third-order valence-corrected chi connectivity index (χ3v) is 3.50. The van der Waals surface area contributed by atoms with Crippen LogP contribution in [0.1, 0.15) is 5.82 Å². The number of aromatic hydroxyl groups is 1. The number of benzene rings is 1. The molecule has 17 heavy (non-hydrogen) atoms. The van der Waals surface area contributed by atoms with Crippen molar-refractivity contribution in [1.82, 2.24) is 9.97 Å². The molecule has 0 aliphatic carbocycles. The highest BCUT2D eigenvalue weighted by atomic mass is 35.5. The summed E-state index contributed by atoms with van der Waals surface area (Å²) < 4.78 is 0. The van der Waals surface area contributed by atoms with Gasteiger partial charge in [0.25, 0.3) is 5.56 Å². The first-order valence-electron chi connectivity index (χ1n) is 4.81. The average Bonchev–Trinajstić information content (AvgIpc) is 2.27. The van der Waals surface area contributed by atoms with Crippen molar-refractivity contribution in [3.8, 4) is 5.88 Å². The number of thioether (sulfide) groups is 1. The van der Waals surface area contributed by atoms with Crippen LogP contribution in [0.25, 0.3) is 0 Å². The molecule has 0 unspecified atom stereocenters. The van der Waals surface area contributed by atoms with Crippen LogP contribution in [0.2, 0.25) is 5.02 Å². The molecule has 1 aromatic carbocycles. The third-order valence-electron chi connectivity index (χ3n) is 1.98. The molecule has 0 radical (unpaired) electrons. The van der Waals surface area contributed by atoms with Gasteiger partial charge in [-0.1, -0.05) is 23.7 Å². The number of hydrogen-bond acceptors (Lipinski definition) is 4. The highest BCUT2D eigenvalue weighted by Gasteiger charge is 2.03. The number of hydrogen-bond donors (Lipinski definition) is 2. The standard InChI is InChI=1S/C11H9ClN2O2S/c12-7-3-1-2-4-8(7)17-6-9-13-10(15)5-11(16)14-9/h1-5H,6H2,(H2,13,14,15,16). The molecule has 1 heterocycles. The normalized spacial score (nSPS) is 10.4. The zero-order chi connectivity index (χ0) is 12.3. The Morgan fingerprint density at radius 3 is 2.88 bits per heavy atom. The van der Waals surface area contributed by atoms with E-state index in [2.05, 4.69) is 9.97 Å². The molecule has 0 aliphatic heterocycles. The van der Waals surface area contributed by atoms with Crippen molar-refractivity contribution in [2.45, 2.75) is 10.6 Å². The molecule has 0 atom stereocenters. The molecule has 88 valence electrons. The Morgan fingerprint density at radius 1 is 1.41 bits per heavy atom. The summed E-state index contributed by atoms with van der Waals surface area (Å²) >= 11 is 7.43. The number of nitrogens with one attached hydrogen (secondary N) is 1. The first-order chi connectivity index (χ1) is 8.15. The Labute approximate surface area is 107 Å². The second kappa shape index (κ2) is 5.25. The van der Waals surface area contributed by atoms with Gasteiger partial charge >= 0.3 is 0 Å². The van der Waals surface area contributed by atoms with Gasteiger partial charge in [0.05, 0.1) is 16.8 Å². The van der Waals surface area contributed by atoms with E-state index in [1.165, 1.54) is 11.8 Å². The predicted molar refractivity (Wildman–Crippen MR) is 67.5 cm³/mol. The first-order valence-corrected chi connectivity index (χ1v) is 6.18. The van der Waals surface area contributed by atoms with Crippen LogP contribution in [0.5, 0.6) is 5.88 Å². The molecule has 0 amide bonds. The lowest BCUT2D eigenvalue weighted by atomic mass is 10.4. The molecule has 2 aromatic rings. The maximum atomic E-state index is 11.1. The van der Waals surface area contributed by atoms with Gasteiger partial charge in [0.2, 0.25) is 5.88 Å². The van der Waals surface area contributed by atoms with E-state index in [9.17, 15) is 9.90 Å². The highest BCUT2D eigenvalue weighted by Crippen LogP contribution is 2.28. The van der Waals surface area contributed by atoms with Crippen molar-refractivity contribution in [2.75, 3.05) is 0 Å². The molecule has 0 aliphatic rings. The quantitative estimate of drug-likeness (QED) is 0.839. The molecule has 0 spiro atoms. The fourth-order valence-electron chi connectivity index (χ4n) is 1.27. The maximum absolute atomic E-state index is 11.1. The first kappa shape index (κ1) is 12.0. The van der Waals surface area contributed by atoms with Gasteiger partial charge in [-0.05, 0) is 12.1 Å². The number of H-pyrrole nitrogens is 1. The van der Waals surface area contributed by atoms with Crippen molar-refractivity contribution in [2.24, 2.45) is 0 Å². The Balaban J connectivity index is 2.13. The number of aromatic nitrogens is 2. The molecule has 2 N–H and O–H groups in total. The smallest absolute Gasteiger partial charge is 0.254 e.